The molecule has 2 fully saturated rings. The van der Waals surface area contributed by atoms with E-state index < -0.39 is 0 Å². The van der Waals surface area contributed by atoms with E-state index in [2.05, 4.69) is 6.92 Å². The number of nitrogens with zero attached hydrogens (tertiary/aromatic N) is 1. The van der Waals surface area contributed by atoms with Gasteiger partial charge in [0.2, 0.25) is 0 Å². The highest BCUT2D eigenvalue weighted by molar-refractivity contribution is 5.69. The molecule has 2 bridgehead atoms. The van der Waals surface area contributed by atoms with E-state index in [0.29, 0.717) is 25.7 Å². The van der Waals surface area contributed by atoms with Crippen molar-refractivity contribution in [2.75, 3.05) is 13.2 Å². The molecule has 0 spiro atoms. The lowest BCUT2D eigenvalue weighted by molar-refractivity contribution is -0.0774. The molecule has 2 aliphatic heterocycles. The van der Waals surface area contributed by atoms with Crippen molar-refractivity contribution in [1.82, 2.24) is 4.90 Å². The summed E-state index contributed by atoms with van der Waals surface area (Å²) >= 11 is 0. The molecule has 108 valence electrons. The van der Waals surface area contributed by atoms with Crippen LogP contribution in [0.1, 0.15) is 25.3 Å². The predicted molar refractivity (Wildman–Crippen MR) is 75.3 cm³/mol. The number of amides is 1. The number of piperidine rings is 1. The van der Waals surface area contributed by atoms with Gasteiger partial charge in [-0.25, -0.2) is 4.79 Å². The number of rotatable bonds is 2. The molecule has 4 heteroatoms. The number of morpholine rings is 1. The van der Waals surface area contributed by atoms with Gasteiger partial charge in [-0.05, 0) is 24.3 Å². The minimum Gasteiger partial charge on any atom is -0.445 e. The molecule has 0 N–H and O–H groups in total. The highest BCUT2D eigenvalue weighted by atomic mass is 16.6. The average molecular weight is 275 g/mol. The first-order valence-corrected chi connectivity index (χ1v) is 7.31. The van der Waals surface area contributed by atoms with Crippen LogP contribution in [0.4, 0.5) is 4.79 Å². The van der Waals surface area contributed by atoms with E-state index in [1.807, 2.05) is 35.2 Å². The second kappa shape index (κ2) is 5.83. The quantitative estimate of drug-likeness (QED) is 0.833. The number of carbonyl (C=O) groups excluding carboxylic acids is 1. The van der Waals surface area contributed by atoms with Gasteiger partial charge in [-0.2, -0.15) is 0 Å². The summed E-state index contributed by atoms with van der Waals surface area (Å²) in [5, 5.41) is 0. The van der Waals surface area contributed by atoms with Crippen LogP contribution in [0.5, 0.6) is 0 Å². The van der Waals surface area contributed by atoms with E-state index in [4.69, 9.17) is 9.47 Å². The van der Waals surface area contributed by atoms with Crippen LogP contribution in [0.3, 0.4) is 0 Å². The smallest absolute Gasteiger partial charge is 0.410 e. The molecule has 1 amide bonds. The van der Waals surface area contributed by atoms with Crippen LogP contribution in [0.25, 0.3) is 0 Å². The number of hydrogen-bond donors (Lipinski definition) is 0. The summed E-state index contributed by atoms with van der Waals surface area (Å²) in [5.41, 5.74) is 1.02. The highest BCUT2D eigenvalue weighted by Crippen LogP contribution is 2.31. The van der Waals surface area contributed by atoms with Gasteiger partial charge in [0, 0.05) is 0 Å². The molecule has 1 aromatic rings. The molecule has 2 atom stereocenters. The second-order valence-electron chi connectivity index (χ2n) is 5.87. The SMILES string of the molecule is CC1CC2COCC(C1)N2C(=O)OCc1ccccc1. The Labute approximate surface area is 119 Å². The van der Waals surface area contributed by atoms with Crippen LogP contribution in [0.2, 0.25) is 0 Å². The van der Waals surface area contributed by atoms with Crippen molar-refractivity contribution in [1.29, 1.82) is 0 Å². The number of ether oxygens (including phenoxy) is 2. The van der Waals surface area contributed by atoms with E-state index in [9.17, 15) is 4.79 Å². The third kappa shape index (κ3) is 2.80. The van der Waals surface area contributed by atoms with E-state index >= 15 is 0 Å². The van der Waals surface area contributed by atoms with Gasteiger partial charge in [0.1, 0.15) is 6.61 Å². The van der Waals surface area contributed by atoms with Gasteiger partial charge in [-0.3, -0.25) is 4.90 Å². The zero-order chi connectivity index (χ0) is 13.9. The number of fused-ring (bicyclic) bond motifs is 2. The van der Waals surface area contributed by atoms with Gasteiger partial charge in [0.25, 0.3) is 0 Å². The zero-order valence-electron chi connectivity index (χ0n) is 11.8. The number of benzene rings is 1. The van der Waals surface area contributed by atoms with Gasteiger partial charge >= 0.3 is 6.09 Å². The lowest BCUT2D eigenvalue weighted by atomic mass is 9.87. The Kier molecular flexibility index (Phi) is 3.92. The third-order valence-corrected chi connectivity index (χ3v) is 4.17. The molecule has 4 nitrogen and oxygen atoms in total. The summed E-state index contributed by atoms with van der Waals surface area (Å²) in [6, 6.07) is 10.2. The molecule has 2 aliphatic rings. The fourth-order valence-electron chi connectivity index (χ4n) is 3.28. The fraction of sp³-hybridized carbons (Fsp3) is 0.562. The van der Waals surface area contributed by atoms with Gasteiger partial charge in [-0.15, -0.1) is 0 Å². The molecule has 0 aromatic heterocycles. The predicted octanol–water partition coefficient (Wildman–Crippen LogP) is 2.82. The Morgan fingerprint density at radius 1 is 1.25 bits per heavy atom. The topological polar surface area (TPSA) is 38.8 Å². The van der Waals surface area contributed by atoms with Crippen LogP contribution in [0, 0.1) is 5.92 Å². The summed E-state index contributed by atoms with van der Waals surface area (Å²) < 4.78 is 11.0. The Balaban J connectivity index is 1.62. The normalized spacial score (nSPS) is 29.1. The van der Waals surface area contributed by atoms with Crippen molar-refractivity contribution in [3.05, 3.63) is 35.9 Å². The van der Waals surface area contributed by atoms with Crippen LogP contribution < -0.4 is 0 Å². The summed E-state index contributed by atoms with van der Waals surface area (Å²) in [5.74, 6) is 0.659. The highest BCUT2D eigenvalue weighted by Gasteiger charge is 2.41. The largest absolute Gasteiger partial charge is 0.445 e. The number of carbonyl (C=O) groups is 1. The van der Waals surface area contributed by atoms with Crippen molar-refractivity contribution >= 4 is 6.09 Å². The Hall–Kier alpha value is -1.55. The maximum Gasteiger partial charge on any atom is 0.410 e. The molecular formula is C16H21NO3. The van der Waals surface area contributed by atoms with Crippen molar-refractivity contribution in [3.63, 3.8) is 0 Å². The van der Waals surface area contributed by atoms with Crippen molar-refractivity contribution < 1.29 is 14.3 Å². The Morgan fingerprint density at radius 3 is 2.55 bits per heavy atom. The lowest BCUT2D eigenvalue weighted by Gasteiger charge is -2.46. The lowest BCUT2D eigenvalue weighted by Crippen LogP contribution is -2.58. The summed E-state index contributed by atoms with van der Waals surface area (Å²) in [4.78, 5) is 14.2. The molecule has 0 aliphatic carbocycles. The Bertz CT molecular complexity index is 448. The van der Waals surface area contributed by atoms with Gasteiger partial charge in [-0.1, -0.05) is 37.3 Å². The van der Waals surface area contributed by atoms with Crippen molar-refractivity contribution in [3.8, 4) is 0 Å². The first kappa shape index (κ1) is 13.4. The minimum absolute atomic E-state index is 0.181. The molecule has 2 saturated heterocycles. The molecular weight excluding hydrogens is 254 g/mol. The first-order chi connectivity index (χ1) is 9.74. The molecule has 2 unspecified atom stereocenters. The van der Waals surface area contributed by atoms with E-state index in [1.54, 1.807) is 0 Å². The molecule has 0 saturated carbocycles. The minimum atomic E-state index is -0.195. The first-order valence-electron chi connectivity index (χ1n) is 7.31. The Morgan fingerprint density at radius 2 is 1.90 bits per heavy atom. The fourth-order valence-corrected chi connectivity index (χ4v) is 3.28. The molecule has 1 aromatic carbocycles. The van der Waals surface area contributed by atoms with Crippen LogP contribution in [-0.4, -0.2) is 36.3 Å². The molecule has 2 heterocycles. The average Bonchev–Trinajstić information content (AvgIpc) is 2.45. The van der Waals surface area contributed by atoms with Gasteiger partial charge in [0.05, 0.1) is 25.3 Å². The monoisotopic (exact) mass is 275 g/mol. The van der Waals surface area contributed by atoms with Crippen molar-refractivity contribution in [2.24, 2.45) is 5.92 Å². The summed E-state index contributed by atoms with van der Waals surface area (Å²) in [7, 11) is 0. The zero-order valence-corrected chi connectivity index (χ0v) is 11.8. The summed E-state index contributed by atoms with van der Waals surface area (Å²) in [6.07, 6.45) is 1.83. The van der Waals surface area contributed by atoms with E-state index in [0.717, 1.165) is 18.4 Å². The van der Waals surface area contributed by atoms with Crippen LogP contribution in [-0.2, 0) is 16.1 Å². The van der Waals surface area contributed by atoms with Crippen LogP contribution in [0.15, 0.2) is 30.3 Å². The maximum atomic E-state index is 12.3. The van der Waals surface area contributed by atoms with Gasteiger partial charge in [0.15, 0.2) is 0 Å². The van der Waals surface area contributed by atoms with Crippen molar-refractivity contribution in [2.45, 2.75) is 38.5 Å². The van der Waals surface area contributed by atoms with E-state index in [-0.39, 0.29) is 18.2 Å². The number of hydrogen-bond acceptors (Lipinski definition) is 3. The van der Waals surface area contributed by atoms with E-state index in [1.165, 1.54) is 0 Å². The standard InChI is InChI=1S/C16H21NO3/c1-12-7-14-10-19-11-15(8-12)17(14)16(18)20-9-13-5-3-2-4-6-13/h2-6,12,14-15H,7-11H2,1H3. The van der Waals surface area contributed by atoms with Gasteiger partial charge < -0.3 is 9.47 Å². The molecule has 0 radical (unpaired) electrons. The maximum absolute atomic E-state index is 12.3. The molecule has 20 heavy (non-hydrogen) atoms. The second-order valence-corrected chi connectivity index (χ2v) is 5.87. The van der Waals surface area contributed by atoms with Crippen LogP contribution >= 0.6 is 0 Å². The third-order valence-electron chi connectivity index (χ3n) is 4.17. The summed E-state index contributed by atoms with van der Waals surface area (Å²) in [6.45, 7) is 3.87. The molecule has 3 rings (SSSR count).